The van der Waals surface area contributed by atoms with Crippen molar-refractivity contribution in [3.05, 3.63) is 411 Å². The van der Waals surface area contributed by atoms with Gasteiger partial charge in [0.2, 0.25) is 0 Å². The first kappa shape index (κ1) is 58.3. The van der Waals surface area contributed by atoms with Gasteiger partial charge >= 0.3 is 0 Å². The van der Waals surface area contributed by atoms with Gasteiger partial charge in [-0.25, -0.2) is 0 Å². The Labute approximate surface area is 552 Å². The second kappa shape index (κ2) is 26.4. The Morgan fingerprint density at radius 1 is 0.149 bits per heavy atom. The molecule has 0 atom stereocenters. The van der Waals surface area contributed by atoms with Crippen molar-refractivity contribution in [1.29, 1.82) is 0 Å². The smallest absolute Gasteiger partial charge is 0.0467 e. The fourth-order valence-corrected chi connectivity index (χ4v) is 13.4. The average molecular weight is 1200 g/mol. The van der Waals surface area contributed by atoms with Crippen molar-refractivity contribution >= 4 is 34.1 Å². The zero-order valence-corrected chi connectivity index (χ0v) is 52.4. The third-order valence-corrected chi connectivity index (χ3v) is 18.4. The van der Waals surface area contributed by atoms with Gasteiger partial charge in [0.1, 0.15) is 0 Å². The van der Waals surface area contributed by atoms with Crippen LogP contribution in [0.5, 0.6) is 0 Å². The molecule has 0 aliphatic rings. The van der Waals surface area contributed by atoms with E-state index in [1.54, 1.807) is 0 Å². The van der Waals surface area contributed by atoms with E-state index in [4.69, 9.17) is 0 Å². The Morgan fingerprint density at radius 3 is 0.574 bits per heavy atom. The van der Waals surface area contributed by atoms with Crippen LogP contribution in [0.3, 0.4) is 0 Å². The van der Waals surface area contributed by atoms with Crippen LogP contribution >= 0.6 is 0 Å². The van der Waals surface area contributed by atoms with Gasteiger partial charge in [-0.2, -0.15) is 0 Å². The molecule has 0 radical (unpaired) electrons. The number of nitrogens with zero attached hydrogens (tertiary/aromatic N) is 2. The lowest BCUT2D eigenvalue weighted by Crippen LogP contribution is -2.25. The number of hydrogen-bond acceptors (Lipinski definition) is 2. The van der Waals surface area contributed by atoms with Crippen molar-refractivity contribution in [1.82, 2.24) is 0 Å². The van der Waals surface area contributed by atoms with Gasteiger partial charge in [-0.3, -0.25) is 0 Å². The van der Waals surface area contributed by atoms with E-state index in [9.17, 15) is 0 Å². The lowest BCUT2D eigenvalue weighted by molar-refractivity contribution is 0.692. The van der Waals surface area contributed by atoms with Crippen LogP contribution in [-0.4, -0.2) is 0 Å². The molecule has 0 saturated carbocycles. The van der Waals surface area contributed by atoms with E-state index >= 15 is 0 Å². The van der Waals surface area contributed by atoms with Gasteiger partial charge in [0, 0.05) is 39.5 Å². The molecule has 15 aromatic carbocycles. The zero-order chi connectivity index (χ0) is 63.1. The summed E-state index contributed by atoms with van der Waals surface area (Å²) >= 11 is 0. The summed E-state index contributed by atoms with van der Waals surface area (Å²) in [5.41, 5.74) is 28.1. The van der Waals surface area contributed by atoms with Gasteiger partial charge in [0.15, 0.2) is 0 Å². The first-order chi connectivity index (χ1) is 46.4. The van der Waals surface area contributed by atoms with Crippen LogP contribution in [0, 0.1) is 0 Å². The third-order valence-electron chi connectivity index (χ3n) is 18.4. The molecule has 0 N–H and O–H groups in total. The van der Waals surface area contributed by atoms with E-state index in [-0.39, 0.29) is 0 Å². The molecule has 0 fully saturated rings. The molecule has 94 heavy (non-hydrogen) atoms. The fraction of sp³-hybridized carbons (Fsp3) is 0.0217. The Kier molecular flexibility index (Phi) is 16.4. The van der Waals surface area contributed by atoms with Gasteiger partial charge < -0.3 is 9.80 Å². The van der Waals surface area contributed by atoms with E-state index in [2.05, 4.69) is 411 Å². The van der Waals surface area contributed by atoms with Gasteiger partial charge in [-0.15, -0.1) is 0 Å². The van der Waals surface area contributed by atoms with Crippen molar-refractivity contribution < 1.29 is 0 Å². The molecular formula is C92H68N2. The third kappa shape index (κ3) is 12.2. The zero-order valence-electron chi connectivity index (χ0n) is 52.4. The van der Waals surface area contributed by atoms with Crippen LogP contribution in [0.15, 0.2) is 394 Å². The summed E-state index contributed by atoms with van der Waals surface area (Å²) in [6, 6.07) is 144. The molecule has 2 heteroatoms. The summed E-state index contributed by atoms with van der Waals surface area (Å²) in [4.78, 5) is 4.82. The van der Waals surface area contributed by atoms with Crippen LogP contribution < -0.4 is 9.80 Å². The second-order valence-electron chi connectivity index (χ2n) is 24.2. The topological polar surface area (TPSA) is 6.48 Å². The normalized spacial score (nSPS) is 11.2. The number of hydrogen-bond donors (Lipinski definition) is 0. The molecular weight excluding hydrogens is 1130 g/mol. The molecule has 0 spiro atoms. The maximum absolute atomic E-state index is 2.41. The molecule has 0 aliphatic heterocycles. The fourth-order valence-electron chi connectivity index (χ4n) is 13.4. The first-order valence-corrected chi connectivity index (χ1v) is 32.4. The van der Waals surface area contributed by atoms with Gasteiger partial charge in [-0.05, 0) is 210 Å². The van der Waals surface area contributed by atoms with Gasteiger partial charge in [0.25, 0.3) is 0 Å². The predicted octanol–water partition coefficient (Wildman–Crippen LogP) is 25.3. The molecule has 0 unspecified atom stereocenters. The largest absolute Gasteiger partial charge is 0.310 e. The highest BCUT2D eigenvalue weighted by molar-refractivity contribution is 5.87. The average Bonchev–Trinajstić information content (AvgIpc) is 0.815. The highest BCUT2D eigenvalue weighted by Crippen LogP contribution is 2.46. The molecule has 0 bridgehead atoms. The minimum Gasteiger partial charge on any atom is -0.310 e. The molecule has 0 aliphatic carbocycles. The van der Waals surface area contributed by atoms with Crippen molar-refractivity contribution in [2.75, 3.05) is 9.80 Å². The quantitative estimate of drug-likeness (QED) is 0.0839. The van der Waals surface area contributed by atoms with E-state index in [0.29, 0.717) is 0 Å². The molecule has 446 valence electrons. The molecule has 0 saturated heterocycles. The van der Waals surface area contributed by atoms with Crippen molar-refractivity contribution in [2.24, 2.45) is 0 Å². The summed E-state index contributed by atoms with van der Waals surface area (Å²) in [5.74, 6) is 0. The number of benzene rings is 15. The molecule has 0 amide bonds. The van der Waals surface area contributed by atoms with Crippen molar-refractivity contribution in [3.8, 4) is 89.0 Å². The van der Waals surface area contributed by atoms with Crippen molar-refractivity contribution in [2.45, 2.75) is 12.3 Å². The summed E-state index contributed by atoms with van der Waals surface area (Å²) in [5, 5.41) is 0. The molecule has 2 nitrogen and oxygen atoms in total. The number of rotatable bonds is 17. The van der Waals surface area contributed by atoms with Crippen LogP contribution in [0.2, 0.25) is 0 Å². The van der Waals surface area contributed by atoms with Crippen molar-refractivity contribution in [3.63, 3.8) is 0 Å². The van der Waals surface area contributed by atoms with Crippen LogP contribution in [-0.2, 0) is 5.41 Å². The molecule has 15 aromatic rings. The Bertz CT molecular complexity index is 4510. The van der Waals surface area contributed by atoms with E-state index in [1.807, 2.05) is 0 Å². The van der Waals surface area contributed by atoms with E-state index in [0.717, 1.165) is 78.6 Å². The van der Waals surface area contributed by atoms with E-state index in [1.165, 1.54) is 61.2 Å². The second-order valence-corrected chi connectivity index (χ2v) is 24.2. The summed E-state index contributed by atoms with van der Waals surface area (Å²) in [6.45, 7) is 2.38. The highest BCUT2D eigenvalue weighted by Gasteiger charge is 2.32. The SMILES string of the molecule is CC(c1ccccc1)(c1ccc(N(c2cccc(-c3cccc(-c4ccccc4)c3)c2)c2cccc(-c3cccc(-c4ccccc4)c3)c2)cc1)c1ccc(N(c2cccc(-c3cccc(-c4ccccc4)c3)c2)c2cccc(-c3cccc(-c4ccccc4)c3)c2)cc1. The summed E-state index contributed by atoms with van der Waals surface area (Å²) in [6.07, 6.45) is 0. The van der Waals surface area contributed by atoms with Crippen LogP contribution in [0.4, 0.5) is 34.1 Å². The van der Waals surface area contributed by atoms with Crippen LogP contribution in [0.1, 0.15) is 23.6 Å². The minimum atomic E-state index is -0.547. The standard InChI is InChI=1S/C92H68N2/c1-92(83-45-15-6-16-46-83,84-51-55-86(56-52-84)93(88-47-21-41-79(63-88)75-37-17-33-71(59-75)67-25-7-2-8-26-67)89-48-22-42-80(64-89)76-38-18-34-72(60-76)68-27-9-3-10-28-68)85-53-57-87(58-54-85)94(90-49-23-43-81(65-90)77-39-19-35-73(61-77)69-29-11-4-12-30-69)91-50-24-44-82(66-91)78-40-20-36-74(62-78)70-31-13-5-14-32-70/h2-66H,1H3. The highest BCUT2D eigenvalue weighted by atomic mass is 15.1. The lowest BCUT2D eigenvalue weighted by atomic mass is 9.71. The predicted molar refractivity (Wildman–Crippen MR) is 398 cm³/mol. The summed E-state index contributed by atoms with van der Waals surface area (Å²) in [7, 11) is 0. The maximum Gasteiger partial charge on any atom is 0.0467 e. The van der Waals surface area contributed by atoms with Gasteiger partial charge in [0.05, 0.1) is 0 Å². The molecule has 0 aromatic heterocycles. The molecule has 0 heterocycles. The Morgan fingerprint density at radius 2 is 0.330 bits per heavy atom. The van der Waals surface area contributed by atoms with Crippen LogP contribution in [0.25, 0.3) is 89.0 Å². The van der Waals surface area contributed by atoms with E-state index < -0.39 is 5.41 Å². The Hall–Kier alpha value is -12.1. The first-order valence-electron chi connectivity index (χ1n) is 32.4. The summed E-state index contributed by atoms with van der Waals surface area (Å²) < 4.78 is 0. The Balaban J connectivity index is 0.820. The number of anilines is 6. The van der Waals surface area contributed by atoms with Gasteiger partial charge in [-0.1, -0.05) is 297 Å². The maximum atomic E-state index is 2.41. The monoisotopic (exact) mass is 1200 g/mol. The lowest BCUT2D eigenvalue weighted by Gasteiger charge is -2.34. The molecule has 15 rings (SSSR count). The minimum absolute atomic E-state index is 0.547.